The van der Waals surface area contributed by atoms with Crippen molar-refractivity contribution in [2.75, 3.05) is 13.7 Å². The molecule has 2 nitrogen and oxygen atoms in total. The molecule has 0 bridgehead atoms. The number of hydrogen-bond donors (Lipinski definition) is 1. The molecule has 3 heteroatoms. The number of methoxy groups -OCH3 is 1. The largest absolute Gasteiger partial charge is 0.380 e. The summed E-state index contributed by atoms with van der Waals surface area (Å²) >= 11 is 5.97. The molecule has 0 radical (unpaired) electrons. The van der Waals surface area contributed by atoms with E-state index in [9.17, 15) is 0 Å². The second-order valence-corrected chi connectivity index (χ2v) is 4.38. The number of rotatable bonds is 6. The highest BCUT2D eigenvalue weighted by Crippen LogP contribution is 2.14. The van der Waals surface area contributed by atoms with Crippen LogP contribution in [0.4, 0.5) is 0 Å². The minimum absolute atomic E-state index is 0.193. The van der Waals surface area contributed by atoms with E-state index in [0.717, 1.165) is 18.0 Å². The zero-order valence-electron chi connectivity index (χ0n) is 10.2. The smallest absolute Gasteiger partial charge is 0.0699 e. The molecule has 0 aromatic heterocycles. The van der Waals surface area contributed by atoms with Gasteiger partial charge in [0.2, 0.25) is 0 Å². The van der Waals surface area contributed by atoms with Crippen LogP contribution < -0.4 is 5.32 Å². The maximum absolute atomic E-state index is 5.97. The van der Waals surface area contributed by atoms with Crippen molar-refractivity contribution in [3.8, 4) is 0 Å². The molecular formula is C13H20ClNO. The predicted molar refractivity (Wildman–Crippen MR) is 69.1 cm³/mol. The summed E-state index contributed by atoms with van der Waals surface area (Å²) in [7, 11) is 1.74. The molecule has 16 heavy (non-hydrogen) atoms. The van der Waals surface area contributed by atoms with E-state index in [0.29, 0.717) is 6.04 Å². The van der Waals surface area contributed by atoms with E-state index >= 15 is 0 Å². The van der Waals surface area contributed by atoms with Gasteiger partial charge in [-0.2, -0.15) is 0 Å². The van der Waals surface area contributed by atoms with E-state index in [1.807, 2.05) is 18.2 Å². The Balaban J connectivity index is 2.67. The van der Waals surface area contributed by atoms with E-state index < -0.39 is 0 Å². The van der Waals surface area contributed by atoms with Crippen LogP contribution >= 0.6 is 11.6 Å². The summed E-state index contributed by atoms with van der Waals surface area (Å²) in [6, 6.07) is 8.31. The van der Waals surface area contributed by atoms with Crippen molar-refractivity contribution in [1.82, 2.24) is 5.32 Å². The van der Waals surface area contributed by atoms with Crippen molar-refractivity contribution in [1.29, 1.82) is 0 Å². The highest BCUT2D eigenvalue weighted by atomic mass is 35.5. The molecule has 2 atom stereocenters. The van der Waals surface area contributed by atoms with Crippen molar-refractivity contribution < 1.29 is 4.74 Å². The molecule has 0 aliphatic rings. The number of halogens is 1. The van der Waals surface area contributed by atoms with E-state index in [4.69, 9.17) is 16.3 Å². The Bertz CT molecular complexity index is 317. The van der Waals surface area contributed by atoms with E-state index in [-0.39, 0.29) is 6.10 Å². The van der Waals surface area contributed by atoms with Crippen LogP contribution in [0.25, 0.3) is 0 Å². The first-order valence-corrected chi connectivity index (χ1v) is 6.05. The fraction of sp³-hybridized carbons (Fsp3) is 0.538. The summed E-state index contributed by atoms with van der Waals surface area (Å²) in [6.07, 6.45) is 1.13. The average Bonchev–Trinajstić information content (AvgIpc) is 2.27. The SMILES string of the molecule is CCNC(Cc1cccc(Cl)c1)C(C)OC. The van der Waals surface area contributed by atoms with Gasteiger partial charge in [0.1, 0.15) is 0 Å². The molecule has 0 saturated carbocycles. The Morgan fingerprint density at radius 3 is 2.75 bits per heavy atom. The summed E-state index contributed by atoms with van der Waals surface area (Å²) in [5, 5.41) is 4.22. The summed E-state index contributed by atoms with van der Waals surface area (Å²) in [4.78, 5) is 0. The monoisotopic (exact) mass is 241 g/mol. The average molecular weight is 242 g/mol. The van der Waals surface area contributed by atoms with Crippen LogP contribution in [0.1, 0.15) is 19.4 Å². The third kappa shape index (κ3) is 4.12. The van der Waals surface area contributed by atoms with Gasteiger partial charge in [0.15, 0.2) is 0 Å². The van der Waals surface area contributed by atoms with Gasteiger partial charge in [-0.1, -0.05) is 30.7 Å². The standard InChI is InChI=1S/C13H20ClNO/c1-4-15-13(10(2)16-3)9-11-6-5-7-12(14)8-11/h5-8,10,13,15H,4,9H2,1-3H3. The second-order valence-electron chi connectivity index (χ2n) is 3.94. The lowest BCUT2D eigenvalue weighted by Gasteiger charge is -2.23. The fourth-order valence-electron chi connectivity index (χ4n) is 1.75. The molecule has 0 aliphatic heterocycles. The number of ether oxygens (including phenoxy) is 1. The normalized spacial score (nSPS) is 14.8. The third-order valence-electron chi connectivity index (χ3n) is 2.75. The molecule has 0 fully saturated rings. The van der Waals surface area contributed by atoms with Crippen molar-refractivity contribution >= 4 is 11.6 Å². The molecule has 0 amide bonds. The number of nitrogens with one attached hydrogen (secondary N) is 1. The molecule has 0 saturated heterocycles. The molecule has 90 valence electrons. The van der Waals surface area contributed by atoms with Crippen molar-refractivity contribution in [2.45, 2.75) is 32.4 Å². The first-order valence-electron chi connectivity index (χ1n) is 5.68. The van der Waals surface area contributed by atoms with Crippen molar-refractivity contribution in [2.24, 2.45) is 0 Å². The molecule has 1 rings (SSSR count). The minimum Gasteiger partial charge on any atom is -0.380 e. The van der Waals surface area contributed by atoms with E-state index in [1.54, 1.807) is 7.11 Å². The van der Waals surface area contributed by atoms with Crippen LogP contribution in [0, 0.1) is 0 Å². The van der Waals surface area contributed by atoms with Gasteiger partial charge in [-0.25, -0.2) is 0 Å². The molecule has 1 aromatic carbocycles. The van der Waals surface area contributed by atoms with Crippen LogP contribution in [0.15, 0.2) is 24.3 Å². The second kappa shape index (κ2) is 6.89. The van der Waals surface area contributed by atoms with E-state index in [1.165, 1.54) is 5.56 Å². The highest BCUT2D eigenvalue weighted by molar-refractivity contribution is 6.30. The maximum Gasteiger partial charge on any atom is 0.0699 e. The van der Waals surface area contributed by atoms with Gasteiger partial charge in [0.05, 0.1) is 6.10 Å². The van der Waals surface area contributed by atoms with Gasteiger partial charge in [0, 0.05) is 18.2 Å². The first-order chi connectivity index (χ1) is 7.67. The Morgan fingerprint density at radius 1 is 1.44 bits per heavy atom. The highest BCUT2D eigenvalue weighted by Gasteiger charge is 2.16. The summed E-state index contributed by atoms with van der Waals surface area (Å²) < 4.78 is 5.37. The van der Waals surface area contributed by atoms with Gasteiger partial charge < -0.3 is 10.1 Å². The van der Waals surface area contributed by atoms with E-state index in [2.05, 4.69) is 25.2 Å². The summed E-state index contributed by atoms with van der Waals surface area (Å²) in [5.41, 5.74) is 1.24. The fourth-order valence-corrected chi connectivity index (χ4v) is 1.96. The van der Waals surface area contributed by atoms with Crippen LogP contribution in [0.5, 0.6) is 0 Å². The number of hydrogen-bond acceptors (Lipinski definition) is 2. The van der Waals surface area contributed by atoms with Crippen molar-refractivity contribution in [3.05, 3.63) is 34.9 Å². The van der Waals surface area contributed by atoms with Crippen LogP contribution in [-0.4, -0.2) is 25.8 Å². The number of benzene rings is 1. The quantitative estimate of drug-likeness (QED) is 0.827. The van der Waals surface area contributed by atoms with Gasteiger partial charge >= 0.3 is 0 Å². The lowest BCUT2D eigenvalue weighted by molar-refractivity contribution is 0.0836. The topological polar surface area (TPSA) is 21.3 Å². The third-order valence-corrected chi connectivity index (χ3v) is 2.98. The molecular weight excluding hydrogens is 222 g/mol. The Kier molecular flexibility index (Phi) is 5.81. The zero-order valence-corrected chi connectivity index (χ0v) is 10.9. The number of likely N-dealkylation sites (N-methyl/N-ethyl adjacent to an activating group) is 1. The Hall–Kier alpha value is -0.570. The summed E-state index contributed by atoms with van der Waals surface area (Å²) in [5.74, 6) is 0. The van der Waals surface area contributed by atoms with Crippen LogP contribution in [0.3, 0.4) is 0 Å². The first kappa shape index (κ1) is 13.5. The van der Waals surface area contributed by atoms with Crippen LogP contribution in [-0.2, 0) is 11.2 Å². The molecule has 0 aliphatic carbocycles. The molecule has 0 spiro atoms. The lowest BCUT2D eigenvalue weighted by atomic mass is 10.0. The van der Waals surface area contributed by atoms with Gasteiger partial charge in [-0.05, 0) is 37.6 Å². The lowest BCUT2D eigenvalue weighted by Crippen LogP contribution is -2.40. The summed E-state index contributed by atoms with van der Waals surface area (Å²) in [6.45, 7) is 5.13. The molecule has 0 heterocycles. The Labute approximate surface area is 103 Å². The van der Waals surface area contributed by atoms with Gasteiger partial charge in [-0.15, -0.1) is 0 Å². The van der Waals surface area contributed by atoms with Crippen LogP contribution in [0.2, 0.25) is 5.02 Å². The van der Waals surface area contributed by atoms with Crippen molar-refractivity contribution in [3.63, 3.8) is 0 Å². The molecule has 1 aromatic rings. The Morgan fingerprint density at radius 2 is 2.19 bits per heavy atom. The van der Waals surface area contributed by atoms with Gasteiger partial charge in [-0.3, -0.25) is 0 Å². The molecule has 1 N–H and O–H groups in total. The minimum atomic E-state index is 0.193. The zero-order chi connectivity index (χ0) is 12.0. The molecule has 2 unspecified atom stereocenters. The predicted octanol–water partition coefficient (Wildman–Crippen LogP) is 2.90. The maximum atomic E-state index is 5.97. The van der Waals surface area contributed by atoms with Gasteiger partial charge in [0.25, 0.3) is 0 Å².